The average Bonchev–Trinajstić information content (AvgIpc) is 3.04. The van der Waals surface area contributed by atoms with Crippen molar-refractivity contribution in [2.24, 2.45) is 12.0 Å². The van der Waals surface area contributed by atoms with Crippen molar-refractivity contribution >= 4 is 17.7 Å². The first-order valence-corrected chi connectivity index (χ1v) is 9.90. The normalized spacial score (nSPS) is 13.1. The topological polar surface area (TPSA) is 57.5 Å². The van der Waals surface area contributed by atoms with Crippen molar-refractivity contribution in [1.29, 1.82) is 0 Å². The molecular formula is C19H30N6S. The number of aromatic nitrogens is 2. The highest BCUT2D eigenvalue weighted by Gasteiger charge is 2.16. The van der Waals surface area contributed by atoms with E-state index in [2.05, 4.69) is 77.3 Å². The highest BCUT2D eigenvalue weighted by Crippen LogP contribution is 2.21. The molecule has 142 valence electrons. The molecule has 1 aromatic heterocycles. The van der Waals surface area contributed by atoms with Crippen molar-refractivity contribution in [3.8, 4) is 0 Å². The van der Waals surface area contributed by atoms with Crippen LogP contribution in [0.3, 0.4) is 0 Å². The molecule has 2 N–H and O–H groups in total. The van der Waals surface area contributed by atoms with Crippen LogP contribution in [-0.4, -0.2) is 54.6 Å². The van der Waals surface area contributed by atoms with Crippen molar-refractivity contribution < 1.29 is 0 Å². The monoisotopic (exact) mass is 374 g/mol. The minimum Gasteiger partial charge on any atom is -0.354 e. The third kappa shape index (κ3) is 5.51. The van der Waals surface area contributed by atoms with Crippen LogP contribution in [0.1, 0.15) is 22.7 Å². The number of benzene rings is 1. The van der Waals surface area contributed by atoms with Gasteiger partial charge in [0.25, 0.3) is 0 Å². The smallest absolute Gasteiger partial charge is 0.191 e. The second-order valence-electron chi connectivity index (χ2n) is 6.55. The molecule has 0 aliphatic heterocycles. The zero-order valence-corrected chi connectivity index (χ0v) is 17.4. The minimum atomic E-state index is 0.225. The van der Waals surface area contributed by atoms with Gasteiger partial charge in [-0.3, -0.25) is 9.67 Å². The van der Waals surface area contributed by atoms with E-state index in [0.29, 0.717) is 0 Å². The van der Waals surface area contributed by atoms with Crippen molar-refractivity contribution in [1.82, 2.24) is 25.3 Å². The van der Waals surface area contributed by atoms with Gasteiger partial charge in [-0.05, 0) is 44.5 Å². The molecule has 0 fully saturated rings. The van der Waals surface area contributed by atoms with Crippen LogP contribution in [0.15, 0.2) is 40.5 Å². The number of thioether (sulfide) groups is 1. The summed E-state index contributed by atoms with van der Waals surface area (Å²) in [6, 6.07) is 6.78. The number of aryl methyl sites for hydroxylation is 2. The Hall–Kier alpha value is -1.99. The van der Waals surface area contributed by atoms with Gasteiger partial charge < -0.3 is 15.5 Å². The largest absolute Gasteiger partial charge is 0.354 e. The first kappa shape index (κ1) is 20.3. The van der Waals surface area contributed by atoms with Gasteiger partial charge >= 0.3 is 0 Å². The van der Waals surface area contributed by atoms with Crippen molar-refractivity contribution in [2.45, 2.75) is 24.4 Å². The van der Waals surface area contributed by atoms with Crippen molar-refractivity contribution in [3.63, 3.8) is 0 Å². The molecule has 1 aromatic carbocycles. The Morgan fingerprint density at radius 1 is 1.35 bits per heavy atom. The maximum absolute atomic E-state index is 4.35. The van der Waals surface area contributed by atoms with E-state index in [9.17, 15) is 0 Å². The maximum atomic E-state index is 4.35. The van der Waals surface area contributed by atoms with Crippen LogP contribution in [0.4, 0.5) is 0 Å². The van der Waals surface area contributed by atoms with Crippen LogP contribution in [0.5, 0.6) is 0 Å². The zero-order valence-electron chi connectivity index (χ0n) is 16.6. The van der Waals surface area contributed by atoms with Gasteiger partial charge in [-0.15, -0.1) is 11.8 Å². The van der Waals surface area contributed by atoms with Gasteiger partial charge in [0.05, 0.1) is 12.2 Å². The van der Waals surface area contributed by atoms with Crippen LogP contribution in [-0.2, 0) is 13.6 Å². The molecule has 1 unspecified atom stereocenters. The highest BCUT2D eigenvalue weighted by molar-refractivity contribution is 7.98. The Labute approximate surface area is 161 Å². The molecule has 0 saturated carbocycles. The fourth-order valence-electron chi connectivity index (χ4n) is 2.80. The molecule has 0 radical (unpaired) electrons. The molecule has 7 heteroatoms. The van der Waals surface area contributed by atoms with Crippen molar-refractivity contribution in [2.75, 3.05) is 33.9 Å². The third-order valence-corrected chi connectivity index (χ3v) is 5.13. The molecule has 1 heterocycles. The number of hydrogen-bond donors (Lipinski definition) is 2. The molecule has 0 bridgehead atoms. The van der Waals surface area contributed by atoms with E-state index in [1.165, 1.54) is 21.6 Å². The number of nitrogens with zero attached hydrogens (tertiary/aromatic N) is 4. The fraction of sp³-hybridized carbons (Fsp3) is 0.474. The van der Waals surface area contributed by atoms with Crippen LogP contribution in [0.2, 0.25) is 0 Å². The summed E-state index contributed by atoms with van der Waals surface area (Å²) >= 11 is 1.77. The lowest BCUT2D eigenvalue weighted by Gasteiger charge is -2.24. The molecule has 0 amide bonds. The minimum absolute atomic E-state index is 0.225. The predicted octanol–water partition coefficient (Wildman–Crippen LogP) is 2.42. The standard InChI is InChI=1S/C19H30N6S/c1-14-7-8-15(18(9-14)26-6)10-21-19(20-2)22-12-17(24(3)4)16-11-23-25(5)13-16/h7-9,11,13,17H,10,12H2,1-6H3,(H2,20,21,22). The van der Waals surface area contributed by atoms with Gasteiger partial charge in [0.15, 0.2) is 5.96 Å². The Balaban J connectivity index is 1.97. The zero-order chi connectivity index (χ0) is 19.1. The number of hydrogen-bond acceptors (Lipinski definition) is 4. The summed E-state index contributed by atoms with van der Waals surface area (Å²) in [6.45, 7) is 3.62. The second-order valence-corrected chi connectivity index (χ2v) is 7.40. The lowest BCUT2D eigenvalue weighted by Crippen LogP contribution is -2.41. The summed E-state index contributed by atoms with van der Waals surface area (Å²) in [5.74, 6) is 0.799. The van der Waals surface area contributed by atoms with E-state index < -0.39 is 0 Å². The number of nitrogens with one attached hydrogen (secondary N) is 2. The highest BCUT2D eigenvalue weighted by atomic mass is 32.2. The van der Waals surface area contributed by atoms with Gasteiger partial charge in [-0.25, -0.2) is 0 Å². The van der Waals surface area contributed by atoms with E-state index in [1.807, 2.05) is 17.9 Å². The lowest BCUT2D eigenvalue weighted by atomic mass is 10.1. The molecule has 26 heavy (non-hydrogen) atoms. The van der Waals surface area contributed by atoms with Crippen LogP contribution >= 0.6 is 11.8 Å². The molecule has 2 aromatic rings. The van der Waals surface area contributed by atoms with E-state index in [-0.39, 0.29) is 6.04 Å². The Morgan fingerprint density at radius 2 is 2.12 bits per heavy atom. The molecule has 1 atom stereocenters. The number of guanidine groups is 1. The summed E-state index contributed by atoms with van der Waals surface area (Å²) in [7, 11) is 7.89. The predicted molar refractivity (Wildman–Crippen MR) is 111 cm³/mol. The molecule has 0 aliphatic rings. The summed E-state index contributed by atoms with van der Waals surface area (Å²) < 4.78 is 1.83. The van der Waals surface area contributed by atoms with Gasteiger partial charge in [-0.1, -0.05) is 12.1 Å². The lowest BCUT2D eigenvalue weighted by molar-refractivity contribution is 0.298. The van der Waals surface area contributed by atoms with E-state index in [0.717, 1.165) is 19.0 Å². The molecule has 0 spiro atoms. The third-order valence-electron chi connectivity index (χ3n) is 4.31. The van der Waals surface area contributed by atoms with Gasteiger partial charge in [0.1, 0.15) is 0 Å². The van der Waals surface area contributed by atoms with Gasteiger partial charge in [0, 0.05) is 43.8 Å². The Morgan fingerprint density at radius 3 is 2.69 bits per heavy atom. The van der Waals surface area contributed by atoms with E-state index in [4.69, 9.17) is 0 Å². The molecule has 6 nitrogen and oxygen atoms in total. The quantitative estimate of drug-likeness (QED) is 0.443. The number of rotatable bonds is 7. The summed E-state index contributed by atoms with van der Waals surface area (Å²) in [5.41, 5.74) is 3.75. The molecule has 2 rings (SSSR count). The van der Waals surface area contributed by atoms with Crippen LogP contribution in [0, 0.1) is 6.92 Å². The second kappa shape index (κ2) is 9.64. The number of aliphatic imine (C=N–C) groups is 1. The first-order chi connectivity index (χ1) is 12.4. The maximum Gasteiger partial charge on any atom is 0.191 e. The van der Waals surface area contributed by atoms with Crippen LogP contribution < -0.4 is 10.6 Å². The summed E-state index contributed by atoms with van der Waals surface area (Å²) in [4.78, 5) is 7.84. The average molecular weight is 375 g/mol. The van der Waals surface area contributed by atoms with Gasteiger partial charge in [0.2, 0.25) is 0 Å². The SMILES string of the molecule is CN=C(NCc1ccc(C)cc1SC)NCC(c1cnn(C)c1)N(C)C. The number of likely N-dealkylation sites (N-methyl/N-ethyl adjacent to an activating group) is 1. The summed E-state index contributed by atoms with van der Waals surface area (Å²) in [5, 5.41) is 11.1. The molecule has 0 saturated heterocycles. The Bertz CT molecular complexity index is 737. The molecular weight excluding hydrogens is 344 g/mol. The van der Waals surface area contributed by atoms with Crippen LogP contribution in [0.25, 0.3) is 0 Å². The molecule has 0 aliphatic carbocycles. The Kier molecular flexibility index (Phi) is 7.53. The van der Waals surface area contributed by atoms with Gasteiger partial charge in [-0.2, -0.15) is 5.10 Å². The fourth-order valence-corrected chi connectivity index (χ4v) is 3.51. The first-order valence-electron chi connectivity index (χ1n) is 8.67. The summed E-state index contributed by atoms with van der Waals surface area (Å²) in [6.07, 6.45) is 6.08. The van der Waals surface area contributed by atoms with E-state index >= 15 is 0 Å². The van der Waals surface area contributed by atoms with Crippen molar-refractivity contribution in [3.05, 3.63) is 47.3 Å². The van der Waals surface area contributed by atoms with E-state index in [1.54, 1.807) is 18.8 Å².